The topological polar surface area (TPSA) is 47.9 Å². The fraction of sp³-hybridized carbons (Fsp3) is 0.400. The van der Waals surface area contributed by atoms with E-state index >= 15 is 0 Å². The molecule has 0 aliphatic carbocycles. The van der Waals surface area contributed by atoms with Gasteiger partial charge in [0.1, 0.15) is 0 Å². The molecule has 2 aromatic carbocycles. The van der Waals surface area contributed by atoms with Crippen molar-refractivity contribution in [3.63, 3.8) is 0 Å². The molecule has 0 saturated heterocycles. The largest absolute Gasteiger partial charge is 0.504 e. The number of methoxy groups -OCH3 is 1. The second kappa shape index (κ2) is 7.04. The Morgan fingerprint density at radius 2 is 1.58 bits per heavy atom. The summed E-state index contributed by atoms with van der Waals surface area (Å²) in [7, 11) is 1.56. The van der Waals surface area contributed by atoms with E-state index in [1.54, 1.807) is 13.2 Å². The molecule has 0 radical (unpaired) electrons. The van der Waals surface area contributed by atoms with Crippen molar-refractivity contribution in [3.05, 3.63) is 47.5 Å². The zero-order valence-electron chi connectivity index (χ0n) is 14.4. The van der Waals surface area contributed by atoms with Gasteiger partial charge >= 0.3 is 0 Å². The fourth-order valence-electron chi connectivity index (χ4n) is 3.08. The van der Waals surface area contributed by atoms with Crippen LogP contribution in [-0.2, 0) is 12.8 Å². The lowest BCUT2D eigenvalue weighted by Crippen LogP contribution is -2.13. The second-order valence-electron chi connectivity index (χ2n) is 6.56. The maximum atomic E-state index is 9.92. The van der Waals surface area contributed by atoms with E-state index in [9.17, 15) is 5.11 Å². The van der Waals surface area contributed by atoms with Gasteiger partial charge in [-0.15, -0.1) is 0 Å². The van der Waals surface area contributed by atoms with Crippen molar-refractivity contribution < 1.29 is 19.3 Å². The average molecular weight is 328 g/mol. The number of ether oxygens (including phenoxy) is 3. The van der Waals surface area contributed by atoms with E-state index in [1.165, 1.54) is 5.56 Å². The van der Waals surface area contributed by atoms with Crippen LogP contribution < -0.4 is 14.2 Å². The quantitative estimate of drug-likeness (QED) is 0.864. The summed E-state index contributed by atoms with van der Waals surface area (Å²) in [5, 5.41) is 9.92. The van der Waals surface area contributed by atoms with Gasteiger partial charge in [-0.05, 0) is 60.1 Å². The summed E-state index contributed by atoms with van der Waals surface area (Å²) in [4.78, 5) is 0. The number of hydrogen-bond acceptors (Lipinski definition) is 4. The predicted octanol–water partition coefficient (Wildman–Crippen LogP) is 4.19. The van der Waals surface area contributed by atoms with E-state index in [0.29, 0.717) is 24.4 Å². The summed E-state index contributed by atoms with van der Waals surface area (Å²) in [6.07, 6.45) is 1.91. The molecule has 0 fully saturated rings. The molecule has 1 heterocycles. The van der Waals surface area contributed by atoms with E-state index in [0.717, 1.165) is 29.9 Å². The molecule has 0 aromatic heterocycles. The molecule has 2 atom stereocenters. The summed E-state index contributed by atoms with van der Waals surface area (Å²) in [5.74, 6) is 3.38. The SMILES string of the molecule is COc1ccc(CC(C)C(C)Cc2ccc3c(c2)OCO3)cc1O. The van der Waals surface area contributed by atoms with Gasteiger partial charge in [-0.25, -0.2) is 0 Å². The van der Waals surface area contributed by atoms with Gasteiger partial charge in [-0.1, -0.05) is 26.0 Å². The van der Waals surface area contributed by atoms with Crippen molar-refractivity contribution in [2.24, 2.45) is 11.8 Å². The number of phenolic OH excluding ortho intramolecular Hbond substituents is 1. The van der Waals surface area contributed by atoms with Gasteiger partial charge in [0.05, 0.1) is 7.11 Å². The first-order valence-corrected chi connectivity index (χ1v) is 8.31. The van der Waals surface area contributed by atoms with Crippen LogP contribution in [0.25, 0.3) is 0 Å². The lowest BCUT2D eigenvalue weighted by atomic mass is 9.85. The van der Waals surface area contributed by atoms with Crippen molar-refractivity contribution in [1.82, 2.24) is 0 Å². The Morgan fingerprint density at radius 1 is 0.958 bits per heavy atom. The molecule has 3 rings (SSSR count). The first kappa shape index (κ1) is 16.5. The van der Waals surface area contributed by atoms with Gasteiger partial charge in [0.25, 0.3) is 0 Å². The summed E-state index contributed by atoms with van der Waals surface area (Å²) >= 11 is 0. The molecule has 0 saturated carbocycles. The van der Waals surface area contributed by atoms with Crippen LogP contribution in [-0.4, -0.2) is 19.0 Å². The molecule has 128 valence electrons. The number of rotatable bonds is 6. The van der Waals surface area contributed by atoms with E-state index < -0.39 is 0 Å². The van der Waals surface area contributed by atoms with E-state index in [2.05, 4.69) is 26.0 Å². The molecule has 0 bridgehead atoms. The molecule has 4 heteroatoms. The van der Waals surface area contributed by atoms with Gasteiger partial charge in [0, 0.05) is 0 Å². The number of aromatic hydroxyl groups is 1. The molecular formula is C20H24O4. The van der Waals surface area contributed by atoms with Crippen LogP contribution in [0, 0.1) is 11.8 Å². The van der Waals surface area contributed by atoms with Crippen molar-refractivity contribution >= 4 is 0 Å². The molecule has 24 heavy (non-hydrogen) atoms. The monoisotopic (exact) mass is 328 g/mol. The third-order valence-corrected chi connectivity index (χ3v) is 4.77. The summed E-state index contributed by atoms with van der Waals surface area (Å²) in [5.41, 5.74) is 2.38. The maximum absolute atomic E-state index is 9.92. The molecule has 1 N–H and O–H groups in total. The third-order valence-electron chi connectivity index (χ3n) is 4.77. The lowest BCUT2D eigenvalue weighted by molar-refractivity contribution is 0.174. The third kappa shape index (κ3) is 3.58. The summed E-state index contributed by atoms with van der Waals surface area (Å²) < 4.78 is 15.9. The zero-order chi connectivity index (χ0) is 17.1. The highest BCUT2D eigenvalue weighted by Crippen LogP contribution is 2.34. The van der Waals surface area contributed by atoms with Crippen molar-refractivity contribution in [1.29, 1.82) is 0 Å². The van der Waals surface area contributed by atoms with Crippen LogP contribution >= 0.6 is 0 Å². The molecule has 4 nitrogen and oxygen atoms in total. The van der Waals surface area contributed by atoms with Crippen molar-refractivity contribution in [2.75, 3.05) is 13.9 Å². The van der Waals surface area contributed by atoms with Gasteiger partial charge < -0.3 is 19.3 Å². The Balaban J connectivity index is 1.62. The van der Waals surface area contributed by atoms with Gasteiger partial charge in [-0.3, -0.25) is 0 Å². The molecule has 2 aromatic rings. The highest BCUT2D eigenvalue weighted by molar-refractivity contribution is 5.44. The normalized spacial score (nSPS) is 15.1. The highest BCUT2D eigenvalue weighted by atomic mass is 16.7. The van der Waals surface area contributed by atoms with Crippen LogP contribution in [0.3, 0.4) is 0 Å². The Bertz CT molecular complexity index is 711. The predicted molar refractivity (Wildman–Crippen MR) is 93.0 cm³/mol. The van der Waals surface area contributed by atoms with Crippen LogP contribution in [0.15, 0.2) is 36.4 Å². The van der Waals surface area contributed by atoms with Crippen LogP contribution in [0.5, 0.6) is 23.0 Å². The minimum Gasteiger partial charge on any atom is -0.504 e. The highest BCUT2D eigenvalue weighted by Gasteiger charge is 2.17. The summed E-state index contributed by atoms with van der Waals surface area (Å²) in [6.45, 7) is 4.82. The van der Waals surface area contributed by atoms with Gasteiger partial charge in [0.15, 0.2) is 23.0 Å². The summed E-state index contributed by atoms with van der Waals surface area (Å²) in [6, 6.07) is 11.8. The first-order valence-electron chi connectivity index (χ1n) is 8.31. The number of phenols is 1. The van der Waals surface area contributed by atoms with Gasteiger partial charge in [-0.2, -0.15) is 0 Å². The van der Waals surface area contributed by atoms with Crippen molar-refractivity contribution in [3.8, 4) is 23.0 Å². The maximum Gasteiger partial charge on any atom is 0.231 e. The van der Waals surface area contributed by atoms with Crippen LogP contribution in [0.4, 0.5) is 0 Å². The fourth-order valence-corrected chi connectivity index (χ4v) is 3.08. The van der Waals surface area contributed by atoms with E-state index in [1.807, 2.05) is 18.2 Å². The molecule has 0 amide bonds. The Kier molecular flexibility index (Phi) is 4.84. The van der Waals surface area contributed by atoms with E-state index in [4.69, 9.17) is 14.2 Å². The second-order valence-corrected chi connectivity index (χ2v) is 6.56. The minimum absolute atomic E-state index is 0.200. The number of hydrogen-bond donors (Lipinski definition) is 1. The van der Waals surface area contributed by atoms with Crippen LogP contribution in [0.2, 0.25) is 0 Å². The Hall–Kier alpha value is -2.36. The first-order chi connectivity index (χ1) is 11.6. The molecule has 2 unspecified atom stereocenters. The molecule has 1 aliphatic rings. The van der Waals surface area contributed by atoms with Crippen molar-refractivity contribution in [2.45, 2.75) is 26.7 Å². The van der Waals surface area contributed by atoms with Gasteiger partial charge in [0.2, 0.25) is 6.79 Å². The van der Waals surface area contributed by atoms with Crippen LogP contribution in [0.1, 0.15) is 25.0 Å². The lowest BCUT2D eigenvalue weighted by Gasteiger charge is -2.20. The average Bonchev–Trinajstić information content (AvgIpc) is 3.02. The smallest absolute Gasteiger partial charge is 0.231 e. The zero-order valence-corrected chi connectivity index (χ0v) is 14.4. The Morgan fingerprint density at radius 3 is 2.25 bits per heavy atom. The molecule has 0 spiro atoms. The Labute approximate surface area is 143 Å². The number of benzene rings is 2. The standard InChI is InChI=1S/C20H24O4/c1-13(8-15-4-6-18(22-3)17(21)10-15)14(2)9-16-5-7-19-20(11-16)24-12-23-19/h4-7,10-11,13-14,21H,8-9,12H2,1-3H3. The number of fused-ring (bicyclic) bond motifs is 1. The van der Waals surface area contributed by atoms with E-state index in [-0.39, 0.29) is 5.75 Å². The molecular weight excluding hydrogens is 304 g/mol. The minimum atomic E-state index is 0.200. The molecule has 1 aliphatic heterocycles.